The first kappa shape index (κ1) is 27.0. The normalized spacial score (nSPS) is 20.2. The number of piperidine rings is 1. The molecule has 9 heteroatoms. The van der Waals surface area contributed by atoms with Crippen molar-refractivity contribution in [3.05, 3.63) is 48.6 Å². The smallest absolute Gasteiger partial charge is 0.253 e. The summed E-state index contributed by atoms with van der Waals surface area (Å²) in [6.45, 7) is 7.47. The highest BCUT2D eigenvalue weighted by atomic mass is 16.5. The first-order valence-corrected chi connectivity index (χ1v) is 14.0. The van der Waals surface area contributed by atoms with E-state index < -0.39 is 0 Å². The lowest BCUT2D eigenvalue weighted by atomic mass is 10.1. The highest BCUT2D eigenvalue weighted by Crippen LogP contribution is 2.41. The van der Waals surface area contributed by atoms with Gasteiger partial charge < -0.3 is 29.9 Å². The van der Waals surface area contributed by atoms with Crippen molar-refractivity contribution in [2.75, 3.05) is 41.9 Å². The van der Waals surface area contributed by atoms with Gasteiger partial charge in [0.15, 0.2) is 5.82 Å². The Labute approximate surface area is 230 Å². The zero-order valence-electron chi connectivity index (χ0n) is 22.9. The lowest BCUT2D eigenvalue weighted by Gasteiger charge is -2.43. The number of benzene rings is 1. The van der Waals surface area contributed by atoms with Gasteiger partial charge in [0, 0.05) is 31.2 Å². The lowest BCUT2D eigenvalue weighted by molar-refractivity contribution is -0.120. The number of nitrogens with zero attached hydrogens (tertiary/aromatic N) is 4. The van der Waals surface area contributed by atoms with E-state index in [-0.39, 0.29) is 24.0 Å². The first-order chi connectivity index (χ1) is 18.9. The number of amides is 2. The Morgan fingerprint density at radius 2 is 1.92 bits per heavy atom. The SMILES string of the molecule is C=CCCN1C(=O)[C@@H](C)N(C2CCCC2)c2nc(Nc3ccc(C(=O)N4CCC(O)CC4)cc3OC)ccc21. The van der Waals surface area contributed by atoms with Crippen LogP contribution in [-0.2, 0) is 4.79 Å². The lowest BCUT2D eigenvalue weighted by Crippen LogP contribution is -2.55. The maximum atomic E-state index is 13.4. The molecular formula is C30H39N5O4. The van der Waals surface area contributed by atoms with Gasteiger partial charge in [-0.25, -0.2) is 4.98 Å². The topological polar surface area (TPSA) is 98.2 Å². The fourth-order valence-electron chi connectivity index (χ4n) is 6.00. The van der Waals surface area contributed by atoms with Gasteiger partial charge in [0.05, 0.1) is 24.6 Å². The van der Waals surface area contributed by atoms with Crippen molar-refractivity contribution in [1.29, 1.82) is 0 Å². The van der Waals surface area contributed by atoms with Gasteiger partial charge in [-0.2, -0.15) is 0 Å². The van der Waals surface area contributed by atoms with Gasteiger partial charge in [0.1, 0.15) is 17.6 Å². The summed E-state index contributed by atoms with van der Waals surface area (Å²) in [6.07, 6.45) is 7.84. The van der Waals surface area contributed by atoms with Crippen LogP contribution >= 0.6 is 0 Å². The molecule has 2 N–H and O–H groups in total. The van der Waals surface area contributed by atoms with Crippen LogP contribution in [0.1, 0.15) is 62.2 Å². The number of nitrogens with one attached hydrogen (secondary N) is 1. The van der Waals surface area contributed by atoms with E-state index in [2.05, 4.69) is 16.8 Å². The standard InChI is InChI=1S/C30H39N5O4/c1-4-5-16-34-25-12-13-27(32-28(25)35(20(2)29(34)37)22-8-6-7-9-22)31-24-11-10-21(19-26(24)39-3)30(38)33-17-14-23(36)15-18-33/h4,10-13,19-20,22-23,36H,1,5-9,14-18H2,2-3H3,(H,31,32)/t20-/m1/s1. The van der Waals surface area contributed by atoms with Crippen LogP contribution in [-0.4, -0.2) is 71.7 Å². The van der Waals surface area contributed by atoms with Crippen molar-refractivity contribution in [2.45, 2.75) is 70.1 Å². The molecule has 2 aromatic rings. The summed E-state index contributed by atoms with van der Waals surface area (Å²) < 4.78 is 5.65. The number of hydrogen-bond donors (Lipinski definition) is 2. The number of carbonyl (C=O) groups is 2. The molecule has 0 bridgehead atoms. The van der Waals surface area contributed by atoms with E-state index in [0.717, 1.165) is 37.2 Å². The Bertz CT molecular complexity index is 1220. The molecule has 2 amide bonds. The summed E-state index contributed by atoms with van der Waals surface area (Å²) in [5, 5.41) is 13.2. The number of rotatable bonds is 8. The van der Waals surface area contributed by atoms with Gasteiger partial charge in [0.2, 0.25) is 5.91 Å². The van der Waals surface area contributed by atoms with Crippen LogP contribution in [0.25, 0.3) is 0 Å². The minimum absolute atomic E-state index is 0.0656. The maximum absolute atomic E-state index is 13.4. The van der Waals surface area contributed by atoms with E-state index in [1.807, 2.05) is 36.1 Å². The average molecular weight is 534 g/mol. The van der Waals surface area contributed by atoms with E-state index in [4.69, 9.17) is 9.72 Å². The van der Waals surface area contributed by atoms with Gasteiger partial charge in [-0.1, -0.05) is 18.9 Å². The van der Waals surface area contributed by atoms with Crippen LogP contribution in [0.5, 0.6) is 5.75 Å². The summed E-state index contributed by atoms with van der Waals surface area (Å²) >= 11 is 0. The maximum Gasteiger partial charge on any atom is 0.253 e. The van der Waals surface area contributed by atoms with E-state index >= 15 is 0 Å². The summed E-state index contributed by atoms with van der Waals surface area (Å²) in [5.74, 6) is 2.04. The number of carbonyl (C=O) groups excluding carboxylic acids is 2. The second-order valence-corrected chi connectivity index (χ2v) is 10.7. The predicted octanol–water partition coefficient (Wildman–Crippen LogP) is 4.49. The number of likely N-dealkylation sites (tertiary alicyclic amines) is 1. The number of aliphatic hydroxyl groups excluding tert-OH is 1. The Kier molecular flexibility index (Phi) is 8.07. The molecule has 5 rings (SSSR count). The van der Waals surface area contributed by atoms with Crippen molar-refractivity contribution >= 4 is 34.8 Å². The van der Waals surface area contributed by atoms with Gasteiger partial charge in [-0.15, -0.1) is 6.58 Å². The number of aromatic nitrogens is 1. The number of methoxy groups -OCH3 is 1. The molecule has 1 aromatic carbocycles. The number of aliphatic hydroxyl groups is 1. The zero-order valence-corrected chi connectivity index (χ0v) is 22.9. The van der Waals surface area contributed by atoms with Crippen LogP contribution in [0.15, 0.2) is 43.0 Å². The summed E-state index contributed by atoms with van der Waals surface area (Å²) in [7, 11) is 1.58. The molecule has 0 radical (unpaired) electrons. The van der Waals surface area contributed by atoms with E-state index in [1.165, 1.54) is 0 Å². The highest BCUT2D eigenvalue weighted by Gasteiger charge is 2.40. The number of hydrogen-bond acceptors (Lipinski definition) is 7. The molecule has 1 saturated carbocycles. The zero-order chi connectivity index (χ0) is 27.5. The molecule has 1 atom stereocenters. The fraction of sp³-hybridized carbons (Fsp3) is 0.500. The van der Waals surface area contributed by atoms with Crippen LogP contribution in [0.2, 0.25) is 0 Å². The number of anilines is 4. The van der Waals surface area contributed by atoms with Crippen molar-refractivity contribution in [2.24, 2.45) is 0 Å². The first-order valence-electron chi connectivity index (χ1n) is 14.0. The molecule has 1 aliphatic carbocycles. The molecule has 9 nitrogen and oxygen atoms in total. The van der Waals surface area contributed by atoms with Gasteiger partial charge in [-0.05, 0) is 69.4 Å². The molecule has 39 heavy (non-hydrogen) atoms. The van der Waals surface area contributed by atoms with Crippen LogP contribution in [0.4, 0.5) is 23.0 Å². The van der Waals surface area contributed by atoms with Crippen molar-refractivity contribution in [3.63, 3.8) is 0 Å². The second-order valence-electron chi connectivity index (χ2n) is 10.7. The van der Waals surface area contributed by atoms with Crippen LogP contribution in [0, 0.1) is 0 Å². The van der Waals surface area contributed by atoms with Crippen LogP contribution < -0.4 is 19.9 Å². The van der Waals surface area contributed by atoms with E-state index in [0.29, 0.717) is 67.8 Å². The minimum atomic E-state index is -0.334. The molecule has 2 aliphatic heterocycles. The van der Waals surface area contributed by atoms with E-state index in [9.17, 15) is 14.7 Å². The number of ether oxygens (including phenoxy) is 1. The molecular weight excluding hydrogens is 494 g/mol. The fourth-order valence-corrected chi connectivity index (χ4v) is 6.00. The third kappa shape index (κ3) is 5.45. The Morgan fingerprint density at radius 3 is 2.62 bits per heavy atom. The largest absolute Gasteiger partial charge is 0.495 e. The minimum Gasteiger partial charge on any atom is -0.495 e. The van der Waals surface area contributed by atoms with Crippen molar-refractivity contribution in [3.8, 4) is 5.75 Å². The monoisotopic (exact) mass is 533 g/mol. The quantitative estimate of drug-likeness (QED) is 0.483. The number of fused-ring (bicyclic) bond motifs is 1. The van der Waals surface area contributed by atoms with Gasteiger partial charge in [-0.3, -0.25) is 9.59 Å². The highest BCUT2D eigenvalue weighted by molar-refractivity contribution is 6.05. The molecule has 1 saturated heterocycles. The Morgan fingerprint density at radius 1 is 1.18 bits per heavy atom. The molecule has 3 aliphatic rings. The summed E-state index contributed by atoms with van der Waals surface area (Å²) in [6, 6.07) is 9.23. The average Bonchev–Trinajstić information content (AvgIpc) is 3.48. The second kappa shape index (κ2) is 11.7. The predicted molar refractivity (Wildman–Crippen MR) is 153 cm³/mol. The molecule has 0 unspecified atom stereocenters. The van der Waals surface area contributed by atoms with Crippen molar-refractivity contribution < 1.29 is 19.4 Å². The summed E-state index contributed by atoms with van der Waals surface area (Å²) in [5.41, 5.74) is 2.08. The molecule has 0 spiro atoms. The van der Waals surface area contributed by atoms with Crippen LogP contribution in [0.3, 0.4) is 0 Å². The Hall–Kier alpha value is -3.59. The molecule has 2 fully saturated rings. The molecule has 208 valence electrons. The van der Waals surface area contributed by atoms with Gasteiger partial charge >= 0.3 is 0 Å². The Balaban J connectivity index is 1.43. The summed E-state index contributed by atoms with van der Waals surface area (Å²) in [4.78, 5) is 37.3. The van der Waals surface area contributed by atoms with E-state index in [1.54, 1.807) is 24.1 Å². The third-order valence-electron chi connectivity index (χ3n) is 8.17. The third-order valence-corrected chi connectivity index (χ3v) is 8.17. The molecule has 3 heterocycles. The number of pyridine rings is 1. The van der Waals surface area contributed by atoms with Gasteiger partial charge in [0.25, 0.3) is 5.91 Å². The molecule has 1 aromatic heterocycles. The van der Waals surface area contributed by atoms with Crippen molar-refractivity contribution in [1.82, 2.24) is 9.88 Å².